The van der Waals surface area contributed by atoms with Gasteiger partial charge in [-0.15, -0.1) is 0 Å². The fourth-order valence-corrected chi connectivity index (χ4v) is 4.71. The van der Waals surface area contributed by atoms with E-state index in [1.807, 2.05) is 19.9 Å². The molecule has 1 aromatic heterocycles. The Balaban J connectivity index is 1.35. The molecule has 1 fully saturated rings. The Morgan fingerprint density at radius 3 is 2.58 bits per heavy atom. The zero-order valence-corrected chi connectivity index (χ0v) is 21.3. The normalized spacial score (nSPS) is 17.1. The molecule has 0 bridgehead atoms. The first-order chi connectivity index (χ1) is 17.4. The summed E-state index contributed by atoms with van der Waals surface area (Å²) in [5.74, 6) is 2.17. The van der Waals surface area contributed by atoms with Crippen molar-refractivity contribution >= 4 is 11.8 Å². The second-order valence-electron chi connectivity index (χ2n) is 10.4. The lowest BCUT2D eigenvalue weighted by Gasteiger charge is -2.38. The van der Waals surface area contributed by atoms with Crippen LogP contribution in [0.15, 0.2) is 59.0 Å². The van der Waals surface area contributed by atoms with Crippen molar-refractivity contribution in [1.82, 2.24) is 10.2 Å². The lowest BCUT2D eigenvalue weighted by molar-refractivity contribution is -0.134. The van der Waals surface area contributed by atoms with E-state index in [2.05, 4.69) is 53.5 Å². The molecule has 0 saturated heterocycles. The van der Waals surface area contributed by atoms with E-state index in [1.165, 1.54) is 11.1 Å². The maximum absolute atomic E-state index is 13.2. The monoisotopic (exact) mass is 486 g/mol. The molecular formula is C30H34N2O4. The minimum atomic E-state index is -0.218. The molecule has 1 atom stereocenters. The van der Waals surface area contributed by atoms with Crippen LogP contribution < -0.4 is 10.1 Å². The third kappa shape index (κ3) is 5.32. The van der Waals surface area contributed by atoms with Crippen LogP contribution in [0.4, 0.5) is 0 Å². The maximum Gasteiger partial charge on any atom is 0.287 e. The van der Waals surface area contributed by atoms with Gasteiger partial charge >= 0.3 is 0 Å². The summed E-state index contributed by atoms with van der Waals surface area (Å²) >= 11 is 0. The van der Waals surface area contributed by atoms with Crippen LogP contribution in [0, 0.1) is 18.8 Å². The molecule has 2 heterocycles. The summed E-state index contributed by atoms with van der Waals surface area (Å²) in [5.41, 5.74) is 4.68. The molecule has 0 spiro atoms. The van der Waals surface area contributed by atoms with Gasteiger partial charge in [-0.05, 0) is 73.1 Å². The maximum atomic E-state index is 13.2. The number of nitrogens with zero attached hydrogens (tertiary/aromatic N) is 1. The number of nitrogens with one attached hydrogen (secondary N) is 1. The molecule has 6 nitrogen and oxygen atoms in total. The van der Waals surface area contributed by atoms with E-state index >= 15 is 0 Å². The predicted octanol–water partition coefficient (Wildman–Crippen LogP) is 5.44. The molecule has 1 aliphatic carbocycles. The Kier molecular flexibility index (Phi) is 6.86. The van der Waals surface area contributed by atoms with Crippen molar-refractivity contribution in [3.8, 4) is 5.75 Å². The van der Waals surface area contributed by atoms with Crippen molar-refractivity contribution in [2.45, 2.75) is 52.7 Å². The highest BCUT2D eigenvalue weighted by molar-refractivity contribution is 5.91. The van der Waals surface area contributed by atoms with Crippen molar-refractivity contribution < 1.29 is 18.7 Å². The molecule has 0 unspecified atom stereocenters. The third-order valence-electron chi connectivity index (χ3n) is 6.89. The first-order valence-electron chi connectivity index (χ1n) is 12.9. The second kappa shape index (κ2) is 10.2. The van der Waals surface area contributed by atoms with Crippen LogP contribution in [-0.4, -0.2) is 29.8 Å². The quantitative estimate of drug-likeness (QED) is 0.460. The number of furan rings is 1. The second-order valence-corrected chi connectivity index (χ2v) is 10.4. The molecule has 36 heavy (non-hydrogen) atoms. The number of benzene rings is 2. The number of ether oxygens (including phenoxy) is 1. The topological polar surface area (TPSA) is 71.8 Å². The summed E-state index contributed by atoms with van der Waals surface area (Å²) in [4.78, 5) is 27.5. The molecule has 2 amide bonds. The summed E-state index contributed by atoms with van der Waals surface area (Å²) < 4.78 is 11.8. The standard InChI is InChI=1S/C30H34N2O4/c1-19(2)17-31-29(33)27-13-12-25(36-27)18-35-24-11-10-21-14-15-32(30(34)23-8-9-23)28(26(21)16-24)22-6-4-20(3)5-7-22/h4-7,10-13,16,19,23,28H,8-9,14-15,17-18H2,1-3H3,(H,31,33)/t28-/m1/s1. The van der Waals surface area contributed by atoms with Crippen molar-refractivity contribution in [2.24, 2.45) is 11.8 Å². The Morgan fingerprint density at radius 2 is 1.86 bits per heavy atom. The van der Waals surface area contributed by atoms with Gasteiger partial charge in [0, 0.05) is 19.0 Å². The van der Waals surface area contributed by atoms with E-state index in [-0.39, 0.29) is 36.1 Å². The van der Waals surface area contributed by atoms with E-state index in [0.717, 1.165) is 36.9 Å². The van der Waals surface area contributed by atoms with Crippen molar-refractivity contribution in [2.75, 3.05) is 13.1 Å². The third-order valence-corrected chi connectivity index (χ3v) is 6.89. The van der Waals surface area contributed by atoms with Crippen LogP contribution in [-0.2, 0) is 17.8 Å². The zero-order chi connectivity index (χ0) is 25.2. The number of amides is 2. The molecule has 5 rings (SSSR count). The minimum absolute atomic E-state index is 0.120. The summed E-state index contributed by atoms with van der Waals surface area (Å²) in [7, 11) is 0. The number of hydrogen-bond donors (Lipinski definition) is 1. The molecular weight excluding hydrogens is 452 g/mol. The number of aryl methyl sites for hydroxylation is 1. The first-order valence-corrected chi connectivity index (χ1v) is 12.9. The molecule has 188 valence electrons. The Labute approximate surface area is 212 Å². The largest absolute Gasteiger partial charge is 0.486 e. The van der Waals surface area contributed by atoms with E-state index in [0.29, 0.717) is 24.0 Å². The number of carbonyl (C=O) groups is 2. The number of carbonyl (C=O) groups excluding carboxylic acids is 2. The molecule has 2 aromatic carbocycles. The van der Waals surface area contributed by atoms with Crippen molar-refractivity contribution in [3.05, 3.63) is 88.4 Å². The highest BCUT2D eigenvalue weighted by Gasteiger charge is 2.39. The summed E-state index contributed by atoms with van der Waals surface area (Å²) in [6, 6.07) is 17.9. The van der Waals surface area contributed by atoms with Gasteiger partial charge in [-0.3, -0.25) is 9.59 Å². The lowest BCUT2D eigenvalue weighted by atomic mass is 9.87. The average molecular weight is 487 g/mol. The summed E-state index contributed by atoms with van der Waals surface area (Å²) in [5, 5.41) is 2.86. The van der Waals surface area contributed by atoms with Crippen LogP contribution >= 0.6 is 0 Å². The summed E-state index contributed by atoms with van der Waals surface area (Å²) in [6.45, 7) is 7.72. The average Bonchev–Trinajstić information content (AvgIpc) is 3.62. The van der Waals surface area contributed by atoms with Gasteiger partial charge < -0.3 is 19.4 Å². The fourth-order valence-electron chi connectivity index (χ4n) is 4.71. The van der Waals surface area contributed by atoms with Crippen LogP contribution in [0.2, 0.25) is 0 Å². The van der Waals surface area contributed by atoms with Crippen LogP contribution in [0.5, 0.6) is 5.75 Å². The SMILES string of the molecule is Cc1ccc([C@@H]2c3cc(OCc4ccc(C(=O)NCC(C)C)o4)ccc3CCN2C(=O)C2CC2)cc1. The molecule has 1 aliphatic heterocycles. The van der Waals surface area contributed by atoms with E-state index in [9.17, 15) is 9.59 Å². The Bertz CT molecular complexity index is 1240. The lowest BCUT2D eigenvalue weighted by Crippen LogP contribution is -2.41. The van der Waals surface area contributed by atoms with Gasteiger partial charge in [0.2, 0.25) is 5.91 Å². The van der Waals surface area contributed by atoms with Gasteiger partial charge in [0.05, 0.1) is 6.04 Å². The predicted molar refractivity (Wildman–Crippen MR) is 138 cm³/mol. The highest BCUT2D eigenvalue weighted by atomic mass is 16.5. The molecule has 2 aliphatic rings. The van der Waals surface area contributed by atoms with E-state index in [4.69, 9.17) is 9.15 Å². The number of hydrogen-bond acceptors (Lipinski definition) is 4. The number of rotatable bonds is 8. The van der Waals surface area contributed by atoms with Gasteiger partial charge in [0.15, 0.2) is 5.76 Å². The van der Waals surface area contributed by atoms with Crippen molar-refractivity contribution in [1.29, 1.82) is 0 Å². The number of fused-ring (bicyclic) bond motifs is 1. The Hall–Kier alpha value is -3.54. The van der Waals surface area contributed by atoms with Gasteiger partial charge in [-0.25, -0.2) is 0 Å². The van der Waals surface area contributed by atoms with Gasteiger partial charge in [-0.2, -0.15) is 0 Å². The van der Waals surface area contributed by atoms with Crippen LogP contribution in [0.1, 0.15) is 71.3 Å². The van der Waals surface area contributed by atoms with Gasteiger partial charge in [-0.1, -0.05) is 49.7 Å². The molecule has 1 saturated carbocycles. The molecule has 0 radical (unpaired) electrons. The van der Waals surface area contributed by atoms with E-state index in [1.54, 1.807) is 12.1 Å². The zero-order valence-electron chi connectivity index (χ0n) is 21.3. The van der Waals surface area contributed by atoms with Crippen LogP contribution in [0.25, 0.3) is 0 Å². The first kappa shape index (κ1) is 24.2. The molecule has 1 N–H and O–H groups in total. The van der Waals surface area contributed by atoms with Crippen molar-refractivity contribution in [3.63, 3.8) is 0 Å². The molecule has 6 heteroatoms. The Morgan fingerprint density at radius 1 is 1.08 bits per heavy atom. The smallest absolute Gasteiger partial charge is 0.287 e. The molecule has 3 aromatic rings. The summed E-state index contributed by atoms with van der Waals surface area (Å²) in [6.07, 6.45) is 2.82. The highest BCUT2D eigenvalue weighted by Crippen LogP contribution is 2.41. The fraction of sp³-hybridized carbons (Fsp3) is 0.400. The minimum Gasteiger partial charge on any atom is -0.486 e. The van der Waals surface area contributed by atoms with Gasteiger partial charge in [0.25, 0.3) is 5.91 Å². The van der Waals surface area contributed by atoms with E-state index < -0.39 is 0 Å². The van der Waals surface area contributed by atoms with Crippen LogP contribution in [0.3, 0.4) is 0 Å². The van der Waals surface area contributed by atoms with Gasteiger partial charge in [0.1, 0.15) is 18.1 Å².